The second-order valence-electron chi connectivity index (χ2n) is 3.30. The Hall–Kier alpha value is -0.780. The third-order valence-electron chi connectivity index (χ3n) is 1.98. The lowest BCUT2D eigenvalue weighted by Gasteiger charge is -2.09. The van der Waals surface area contributed by atoms with Crippen molar-refractivity contribution < 1.29 is 9.18 Å². The van der Waals surface area contributed by atoms with Crippen molar-refractivity contribution >= 4 is 29.3 Å². The summed E-state index contributed by atoms with van der Waals surface area (Å²) in [4.78, 5) is 11.9. The quantitative estimate of drug-likeness (QED) is 0.379. The summed E-state index contributed by atoms with van der Waals surface area (Å²) in [6.07, 6.45) is 0. The van der Waals surface area contributed by atoms with E-state index >= 15 is 0 Å². The highest BCUT2D eigenvalue weighted by molar-refractivity contribution is 7.99. The first-order chi connectivity index (χ1) is 7.54. The van der Waals surface area contributed by atoms with Gasteiger partial charge in [0.1, 0.15) is 5.82 Å². The van der Waals surface area contributed by atoms with Crippen LogP contribution < -0.4 is 11.3 Å². The molecule has 0 bridgehead atoms. The van der Waals surface area contributed by atoms with Gasteiger partial charge in [-0.05, 0) is 18.2 Å². The molecule has 1 unspecified atom stereocenters. The van der Waals surface area contributed by atoms with Crippen molar-refractivity contribution in [3.63, 3.8) is 0 Å². The molecule has 0 aliphatic carbocycles. The Balaban J connectivity index is 2.55. The van der Waals surface area contributed by atoms with Crippen LogP contribution >= 0.6 is 23.4 Å². The molecule has 3 N–H and O–H groups in total. The van der Waals surface area contributed by atoms with Crippen molar-refractivity contribution in [2.24, 2.45) is 11.8 Å². The van der Waals surface area contributed by atoms with Crippen molar-refractivity contribution in [2.45, 2.75) is 11.8 Å². The fourth-order valence-electron chi connectivity index (χ4n) is 1.01. The molecule has 6 heteroatoms. The molecule has 1 aromatic rings. The van der Waals surface area contributed by atoms with E-state index in [1.807, 2.05) is 0 Å². The molecule has 0 saturated carbocycles. The Kier molecular flexibility index (Phi) is 5.05. The monoisotopic (exact) mass is 262 g/mol. The number of hydrogen-bond acceptors (Lipinski definition) is 3. The zero-order valence-electron chi connectivity index (χ0n) is 8.67. The van der Waals surface area contributed by atoms with E-state index in [0.29, 0.717) is 5.75 Å². The number of nitrogens with two attached hydrogens (primary N) is 1. The summed E-state index contributed by atoms with van der Waals surface area (Å²) in [5.41, 5.74) is 2.08. The average Bonchev–Trinajstić information content (AvgIpc) is 2.29. The fraction of sp³-hybridized carbons (Fsp3) is 0.300. The average molecular weight is 263 g/mol. The minimum Gasteiger partial charge on any atom is -0.294 e. The third-order valence-corrected chi connectivity index (χ3v) is 3.52. The van der Waals surface area contributed by atoms with Gasteiger partial charge in [0.2, 0.25) is 5.91 Å². The van der Waals surface area contributed by atoms with Crippen LogP contribution in [0.4, 0.5) is 4.39 Å². The van der Waals surface area contributed by atoms with Gasteiger partial charge in [-0.1, -0.05) is 18.5 Å². The Morgan fingerprint density at radius 3 is 2.94 bits per heavy atom. The predicted molar refractivity (Wildman–Crippen MR) is 63.6 cm³/mol. The van der Waals surface area contributed by atoms with Crippen LogP contribution in [-0.2, 0) is 4.79 Å². The van der Waals surface area contributed by atoms with Gasteiger partial charge in [0.05, 0.1) is 5.02 Å². The lowest BCUT2D eigenvalue weighted by molar-refractivity contribution is -0.123. The topological polar surface area (TPSA) is 55.1 Å². The van der Waals surface area contributed by atoms with E-state index in [1.54, 1.807) is 13.0 Å². The molecule has 0 aliphatic heterocycles. The van der Waals surface area contributed by atoms with Gasteiger partial charge in [-0.2, -0.15) is 0 Å². The molecule has 0 radical (unpaired) electrons. The van der Waals surface area contributed by atoms with Gasteiger partial charge in [0.15, 0.2) is 0 Å². The largest absolute Gasteiger partial charge is 0.294 e. The van der Waals surface area contributed by atoms with E-state index in [9.17, 15) is 9.18 Å². The summed E-state index contributed by atoms with van der Waals surface area (Å²) in [5.74, 6) is 4.69. The Morgan fingerprint density at radius 1 is 1.69 bits per heavy atom. The Bertz CT molecular complexity index is 389. The van der Waals surface area contributed by atoms with E-state index in [2.05, 4.69) is 5.43 Å². The van der Waals surface area contributed by atoms with Gasteiger partial charge in [-0.15, -0.1) is 11.8 Å². The van der Waals surface area contributed by atoms with Crippen LogP contribution in [0.2, 0.25) is 5.02 Å². The van der Waals surface area contributed by atoms with Gasteiger partial charge in [0, 0.05) is 16.6 Å². The van der Waals surface area contributed by atoms with Crippen molar-refractivity contribution in [3.05, 3.63) is 29.0 Å². The molecule has 0 aliphatic rings. The zero-order valence-corrected chi connectivity index (χ0v) is 10.2. The highest BCUT2D eigenvalue weighted by Gasteiger charge is 2.11. The van der Waals surface area contributed by atoms with Gasteiger partial charge in [-0.25, -0.2) is 10.2 Å². The van der Waals surface area contributed by atoms with Gasteiger partial charge in [-0.3, -0.25) is 10.2 Å². The van der Waals surface area contributed by atoms with Crippen LogP contribution in [-0.4, -0.2) is 11.7 Å². The molecule has 16 heavy (non-hydrogen) atoms. The fourth-order valence-corrected chi connectivity index (χ4v) is 2.21. The van der Waals surface area contributed by atoms with Crippen LogP contribution in [0, 0.1) is 11.7 Å². The number of hydrogen-bond donors (Lipinski definition) is 2. The van der Waals surface area contributed by atoms with E-state index < -0.39 is 5.82 Å². The maximum atomic E-state index is 12.9. The molecule has 3 nitrogen and oxygen atoms in total. The lowest BCUT2D eigenvalue weighted by atomic mass is 10.2. The van der Waals surface area contributed by atoms with Gasteiger partial charge in [0.25, 0.3) is 0 Å². The zero-order chi connectivity index (χ0) is 12.1. The first-order valence-corrected chi connectivity index (χ1v) is 5.99. The highest BCUT2D eigenvalue weighted by Crippen LogP contribution is 2.25. The molecule has 1 atom stereocenters. The minimum absolute atomic E-state index is 0.0842. The summed E-state index contributed by atoms with van der Waals surface area (Å²) in [6, 6.07) is 4.46. The van der Waals surface area contributed by atoms with Gasteiger partial charge >= 0.3 is 0 Å². The molecule has 0 heterocycles. The van der Waals surface area contributed by atoms with E-state index in [1.165, 1.54) is 23.9 Å². The molecular formula is C10H12ClFN2OS. The molecule has 0 fully saturated rings. The second-order valence-corrected chi connectivity index (χ2v) is 4.80. The van der Waals surface area contributed by atoms with E-state index in [-0.39, 0.29) is 16.8 Å². The third kappa shape index (κ3) is 3.66. The number of hydrazine groups is 1. The first kappa shape index (κ1) is 13.3. The van der Waals surface area contributed by atoms with Crippen LogP contribution in [0.25, 0.3) is 0 Å². The SMILES string of the molecule is CC(CSc1ccc(F)c(Cl)c1)C(=O)NN. The molecule has 0 saturated heterocycles. The molecule has 0 aromatic heterocycles. The smallest absolute Gasteiger partial charge is 0.237 e. The molecule has 88 valence electrons. The number of carbonyl (C=O) groups is 1. The van der Waals surface area contributed by atoms with Crippen molar-refractivity contribution in [1.82, 2.24) is 5.43 Å². The van der Waals surface area contributed by atoms with E-state index in [4.69, 9.17) is 17.4 Å². The standard InChI is InChI=1S/C10H12ClFN2OS/c1-6(10(15)14-13)5-16-7-2-3-9(12)8(11)4-7/h2-4,6H,5,13H2,1H3,(H,14,15). The maximum Gasteiger partial charge on any atom is 0.237 e. The normalized spacial score (nSPS) is 12.2. The molecule has 1 rings (SSSR count). The molecular weight excluding hydrogens is 251 g/mol. The Labute approximate surface area is 103 Å². The summed E-state index contributed by atoms with van der Waals surface area (Å²) in [5, 5.41) is 0.0842. The number of benzene rings is 1. The second kappa shape index (κ2) is 6.08. The van der Waals surface area contributed by atoms with E-state index in [0.717, 1.165) is 4.90 Å². The first-order valence-electron chi connectivity index (χ1n) is 4.63. The molecule has 0 spiro atoms. The van der Waals surface area contributed by atoms with Crippen LogP contribution in [0.15, 0.2) is 23.1 Å². The summed E-state index contributed by atoms with van der Waals surface area (Å²) in [7, 11) is 0. The van der Waals surface area contributed by atoms with Crippen molar-refractivity contribution in [1.29, 1.82) is 0 Å². The number of halogens is 2. The maximum absolute atomic E-state index is 12.9. The van der Waals surface area contributed by atoms with Crippen LogP contribution in [0.1, 0.15) is 6.92 Å². The predicted octanol–water partition coefficient (Wildman–Crippen LogP) is 2.20. The summed E-state index contributed by atoms with van der Waals surface area (Å²) < 4.78 is 12.9. The number of nitrogens with one attached hydrogen (secondary N) is 1. The number of thioether (sulfide) groups is 1. The summed E-state index contributed by atoms with van der Waals surface area (Å²) >= 11 is 7.06. The van der Waals surface area contributed by atoms with Crippen molar-refractivity contribution in [3.8, 4) is 0 Å². The summed E-state index contributed by atoms with van der Waals surface area (Å²) in [6.45, 7) is 1.76. The van der Waals surface area contributed by atoms with Crippen LogP contribution in [0.5, 0.6) is 0 Å². The Morgan fingerprint density at radius 2 is 2.38 bits per heavy atom. The lowest BCUT2D eigenvalue weighted by Crippen LogP contribution is -2.35. The van der Waals surface area contributed by atoms with Crippen LogP contribution in [0.3, 0.4) is 0 Å². The number of carbonyl (C=O) groups excluding carboxylic acids is 1. The minimum atomic E-state index is -0.446. The molecule has 1 aromatic carbocycles. The highest BCUT2D eigenvalue weighted by atomic mass is 35.5. The van der Waals surface area contributed by atoms with Crippen molar-refractivity contribution in [2.75, 3.05) is 5.75 Å². The van der Waals surface area contributed by atoms with Gasteiger partial charge < -0.3 is 0 Å². The molecule has 1 amide bonds. The number of rotatable bonds is 4. The number of amides is 1.